The van der Waals surface area contributed by atoms with Gasteiger partial charge in [0.15, 0.2) is 6.61 Å². The molecule has 0 radical (unpaired) electrons. The number of alkyl halides is 3. The van der Waals surface area contributed by atoms with E-state index in [1.807, 2.05) is 6.92 Å². The summed E-state index contributed by atoms with van der Waals surface area (Å²) in [6.07, 6.45) is -3.39. The summed E-state index contributed by atoms with van der Waals surface area (Å²) in [5.74, 6) is -3.26. The van der Waals surface area contributed by atoms with Crippen LogP contribution in [0, 0.1) is 0 Å². The lowest BCUT2D eigenvalue weighted by atomic mass is 10.1. The van der Waals surface area contributed by atoms with Crippen molar-refractivity contribution in [1.82, 2.24) is 4.90 Å². The lowest BCUT2D eigenvalue weighted by molar-refractivity contribution is -0.151. The number of para-hydroxylation sites is 1. The first kappa shape index (κ1) is 24.0. The molecule has 33 heavy (non-hydrogen) atoms. The van der Waals surface area contributed by atoms with Crippen LogP contribution >= 0.6 is 0 Å². The molecule has 1 N–H and O–H groups in total. The second-order valence-corrected chi connectivity index (χ2v) is 7.38. The molecule has 7 nitrogen and oxygen atoms in total. The number of hydrogen-bond acceptors (Lipinski definition) is 5. The maximum Gasteiger partial charge on any atom is 0.418 e. The monoisotopic (exact) mass is 462 g/mol. The van der Waals surface area contributed by atoms with E-state index in [4.69, 9.17) is 4.74 Å². The molecule has 1 aliphatic heterocycles. The predicted octanol–water partition coefficient (Wildman–Crippen LogP) is 4.04. The largest absolute Gasteiger partial charge is 0.454 e. The van der Waals surface area contributed by atoms with Gasteiger partial charge in [0.2, 0.25) is 0 Å². The Morgan fingerprint density at radius 3 is 2.15 bits per heavy atom. The Labute approximate surface area is 187 Å². The fourth-order valence-corrected chi connectivity index (χ4v) is 3.50. The van der Waals surface area contributed by atoms with Crippen molar-refractivity contribution in [3.63, 3.8) is 0 Å². The zero-order valence-corrected chi connectivity index (χ0v) is 17.6. The highest BCUT2D eigenvalue weighted by Crippen LogP contribution is 2.34. The molecule has 0 fully saturated rings. The summed E-state index contributed by atoms with van der Waals surface area (Å²) in [7, 11) is 0. The summed E-state index contributed by atoms with van der Waals surface area (Å²) in [6, 6.07) is 9.26. The van der Waals surface area contributed by atoms with E-state index in [1.54, 1.807) is 12.1 Å². The van der Waals surface area contributed by atoms with Gasteiger partial charge in [-0.15, -0.1) is 0 Å². The average molecular weight is 462 g/mol. The molecule has 3 rings (SSSR count). The number of nitrogens with one attached hydrogen (secondary N) is 1. The number of nitrogens with zero attached hydrogens (tertiary/aromatic N) is 1. The molecule has 1 heterocycles. The molecular formula is C23H21F3N2O5. The number of anilines is 1. The summed E-state index contributed by atoms with van der Waals surface area (Å²) in [5, 5.41) is 2.07. The number of benzene rings is 2. The zero-order chi connectivity index (χ0) is 24.2. The number of hydrogen-bond donors (Lipinski definition) is 1. The van der Waals surface area contributed by atoms with E-state index < -0.39 is 53.8 Å². The Morgan fingerprint density at radius 1 is 1.00 bits per heavy atom. The molecule has 1 aliphatic rings. The van der Waals surface area contributed by atoms with E-state index in [2.05, 4.69) is 5.32 Å². The van der Waals surface area contributed by atoms with E-state index in [0.29, 0.717) is 12.8 Å². The van der Waals surface area contributed by atoms with Gasteiger partial charge in [-0.1, -0.05) is 44.0 Å². The highest BCUT2D eigenvalue weighted by Gasteiger charge is 2.43. The van der Waals surface area contributed by atoms with Gasteiger partial charge in [0.25, 0.3) is 17.7 Å². The van der Waals surface area contributed by atoms with E-state index >= 15 is 0 Å². The van der Waals surface area contributed by atoms with E-state index in [1.165, 1.54) is 24.3 Å². The van der Waals surface area contributed by atoms with Crippen LogP contribution in [0.1, 0.15) is 52.5 Å². The Bertz CT molecular complexity index is 1050. The van der Waals surface area contributed by atoms with Crippen molar-refractivity contribution in [1.29, 1.82) is 0 Å². The molecule has 0 aliphatic carbocycles. The van der Waals surface area contributed by atoms with Crippen molar-refractivity contribution in [2.45, 2.75) is 38.4 Å². The van der Waals surface area contributed by atoms with Crippen molar-refractivity contribution in [3.8, 4) is 0 Å². The molecule has 2 aromatic carbocycles. The molecule has 0 unspecified atom stereocenters. The van der Waals surface area contributed by atoms with Gasteiger partial charge in [0.05, 0.1) is 22.4 Å². The van der Waals surface area contributed by atoms with Crippen LogP contribution in [0.2, 0.25) is 0 Å². The van der Waals surface area contributed by atoms with Crippen LogP contribution < -0.4 is 5.32 Å². The van der Waals surface area contributed by atoms with Crippen LogP contribution in [0.3, 0.4) is 0 Å². The Kier molecular flexibility index (Phi) is 7.15. The molecule has 2 aromatic rings. The topological polar surface area (TPSA) is 92.8 Å². The van der Waals surface area contributed by atoms with E-state index in [-0.39, 0.29) is 17.5 Å². The standard InChI is InChI=1S/C23H21F3N2O5/c1-2-3-12-18(28-20(30)14-8-4-5-9-15(14)21(28)31)22(32)33-13-19(29)27-17-11-7-6-10-16(17)23(24,25)26/h4-11,18H,2-3,12-13H2,1H3,(H,27,29)/t18-/m1/s1. The molecule has 0 saturated heterocycles. The van der Waals surface area contributed by atoms with Crippen LogP contribution in [-0.4, -0.2) is 41.2 Å². The second kappa shape index (κ2) is 9.85. The third-order valence-electron chi connectivity index (χ3n) is 5.09. The number of carbonyl (C=O) groups is 4. The smallest absolute Gasteiger partial charge is 0.418 e. The van der Waals surface area contributed by atoms with Gasteiger partial charge in [-0.3, -0.25) is 19.3 Å². The first-order valence-electron chi connectivity index (χ1n) is 10.2. The van der Waals surface area contributed by atoms with Gasteiger partial charge in [0, 0.05) is 0 Å². The minimum absolute atomic E-state index is 0.124. The molecule has 0 bridgehead atoms. The molecule has 1 atom stereocenters. The first-order chi connectivity index (χ1) is 15.6. The number of unbranched alkanes of at least 4 members (excludes halogenated alkanes) is 1. The van der Waals surface area contributed by atoms with Crippen LogP contribution in [-0.2, 0) is 20.5 Å². The van der Waals surface area contributed by atoms with Gasteiger partial charge in [0.1, 0.15) is 6.04 Å². The first-order valence-corrected chi connectivity index (χ1v) is 10.2. The normalized spacial score (nSPS) is 14.1. The highest BCUT2D eigenvalue weighted by molar-refractivity contribution is 6.22. The molecule has 174 valence electrons. The van der Waals surface area contributed by atoms with E-state index in [9.17, 15) is 32.3 Å². The minimum atomic E-state index is -4.68. The van der Waals surface area contributed by atoms with Crippen molar-refractivity contribution in [2.75, 3.05) is 11.9 Å². The SMILES string of the molecule is CCCC[C@H](C(=O)OCC(=O)Nc1ccccc1C(F)(F)F)N1C(=O)c2ccccc2C1=O. The number of imide groups is 1. The number of rotatable bonds is 8. The van der Waals surface area contributed by atoms with E-state index in [0.717, 1.165) is 17.0 Å². The molecular weight excluding hydrogens is 441 g/mol. The Balaban J connectivity index is 1.70. The summed E-state index contributed by atoms with van der Waals surface area (Å²) in [5.41, 5.74) is -1.19. The minimum Gasteiger partial charge on any atom is -0.454 e. The van der Waals surface area contributed by atoms with Gasteiger partial charge < -0.3 is 10.1 Å². The molecule has 0 saturated carbocycles. The van der Waals surface area contributed by atoms with Crippen molar-refractivity contribution in [2.24, 2.45) is 0 Å². The van der Waals surface area contributed by atoms with Crippen molar-refractivity contribution >= 4 is 29.4 Å². The predicted molar refractivity (Wildman–Crippen MR) is 111 cm³/mol. The van der Waals surface area contributed by atoms with Gasteiger partial charge in [-0.05, 0) is 30.7 Å². The third-order valence-corrected chi connectivity index (χ3v) is 5.09. The maximum atomic E-state index is 13.1. The number of fused-ring (bicyclic) bond motifs is 1. The van der Waals surface area contributed by atoms with Crippen molar-refractivity contribution < 1.29 is 37.1 Å². The second-order valence-electron chi connectivity index (χ2n) is 7.38. The number of halogens is 3. The number of carbonyl (C=O) groups excluding carboxylic acids is 4. The molecule has 10 heteroatoms. The lowest BCUT2D eigenvalue weighted by Crippen LogP contribution is -2.46. The van der Waals surface area contributed by atoms with Crippen LogP contribution in [0.15, 0.2) is 48.5 Å². The fraction of sp³-hybridized carbons (Fsp3) is 0.304. The fourth-order valence-electron chi connectivity index (χ4n) is 3.50. The van der Waals surface area contributed by atoms with Crippen LogP contribution in [0.4, 0.5) is 18.9 Å². The maximum absolute atomic E-state index is 13.1. The van der Waals surface area contributed by atoms with Gasteiger partial charge in [-0.2, -0.15) is 13.2 Å². The van der Waals surface area contributed by atoms with Crippen LogP contribution in [0.25, 0.3) is 0 Å². The molecule has 0 aromatic heterocycles. The van der Waals surface area contributed by atoms with Crippen LogP contribution in [0.5, 0.6) is 0 Å². The number of ether oxygens (including phenoxy) is 1. The summed E-state index contributed by atoms with van der Waals surface area (Å²) >= 11 is 0. The Morgan fingerprint density at radius 2 is 1.58 bits per heavy atom. The number of esters is 1. The molecule has 3 amide bonds. The summed E-state index contributed by atoms with van der Waals surface area (Å²) in [4.78, 5) is 51.2. The zero-order valence-electron chi connectivity index (χ0n) is 17.6. The van der Waals surface area contributed by atoms with Gasteiger partial charge in [-0.25, -0.2) is 4.79 Å². The highest BCUT2D eigenvalue weighted by atomic mass is 19.4. The van der Waals surface area contributed by atoms with Gasteiger partial charge >= 0.3 is 12.1 Å². The lowest BCUT2D eigenvalue weighted by Gasteiger charge is -2.24. The Hall–Kier alpha value is -3.69. The average Bonchev–Trinajstić information content (AvgIpc) is 3.03. The summed E-state index contributed by atoms with van der Waals surface area (Å²) < 4.78 is 44.3. The third kappa shape index (κ3) is 5.21. The quantitative estimate of drug-likeness (QED) is 0.472. The number of amides is 3. The molecule has 0 spiro atoms. The summed E-state index contributed by atoms with van der Waals surface area (Å²) in [6.45, 7) is 0.979. The van der Waals surface area contributed by atoms with Crippen molar-refractivity contribution in [3.05, 3.63) is 65.2 Å².